The van der Waals surface area contributed by atoms with Gasteiger partial charge in [0.2, 0.25) is 0 Å². The highest BCUT2D eigenvalue weighted by Crippen LogP contribution is 2.24. The minimum Gasteiger partial charge on any atom is -0.450 e. The number of amides is 3. The molecule has 7 heteroatoms. The maximum absolute atomic E-state index is 11.7. The fraction of sp³-hybridized carbons (Fsp3) is 0.846. The fourth-order valence-electron chi connectivity index (χ4n) is 2.66. The third kappa shape index (κ3) is 3.53. The van der Waals surface area contributed by atoms with E-state index in [4.69, 9.17) is 4.74 Å². The number of nitrogens with zero attached hydrogens (tertiary/aromatic N) is 2. The summed E-state index contributed by atoms with van der Waals surface area (Å²) in [5.74, 6) is 0. The topological polar surface area (TPSA) is 82.1 Å². The monoisotopic (exact) mass is 285 g/mol. The van der Waals surface area contributed by atoms with Gasteiger partial charge >= 0.3 is 12.1 Å². The van der Waals surface area contributed by atoms with Crippen molar-refractivity contribution in [3.8, 4) is 0 Å². The fourth-order valence-corrected chi connectivity index (χ4v) is 2.66. The molecule has 0 aromatic rings. The van der Waals surface area contributed by atoms with Gasteiger partial charge in [0.1, 0.15) is 0 Å². The second-order valence-corrected chi connectivity index (χ2v) is 5.42. The van der Waals surface area contributed by atoms with E-state index in [0.717, 1.165) is 6.42 Å². The highest BCUT2D eigenvalue weighted by Gasteiger charge is 2.37. The molecule has 2 heterocycles. The van der Waals surface area contributed by atoms with Crippen LogP contribution in [0, 0.1) is 0 Å². The summed E-state index contributed by atoms with van der Waals surface area (Å²) in [5.41, 5.74) is -0.905. The molecule has 7 nitrogen and oxygen atoms in total. The highest BCUT2D eigenvalue weighted by molar-refractivity contribution is 5.75. The van der Waals surface area contributed by atoms with Crippen molar-refractivity contribution in [2.45, 2.75) is 31.8 Å². The van der Waals surface area contributed by atoms with Crippen molar-refractivity contribution >= 4 is 12.1 Å². The summed E-state index contributed by atoms with van der Waals surface area (Å²) in [6, 6.07) is -0.113. The summed E-state index contributed by atoms with van der Waals surface area (Å²) < 4.78 is 4.95. The first-order valence-corrected chi connectivity index (χ1v) is 7.21. The number of aliphatic hydroxyl groups is 1. The van der Waals surface area contributed by atoms with Gasteiger partial charge in [-0.3, -0.25) is 0 Å². The minimum atomic E-state index is -0.905. The standard InChI is InChI=1S/C13H23N3O4/c1-2-20-12(18)15-8-4-13(19,5-9-15)10-16-7-3-6-14-11(16)17/h19H,2-10H2,1H3,(H,14,17). The molecule has 0 aromatic heterocycles. The van der Waals surface area contributed by atoms with Gasteiger partial charge in [0.15, 0.2) is 0 Å². The second kappa shape index (κ2) is 6.30. The quantitative estimate of drug-likeness (QED) is 0.785. The third-order valence-corrected chi connectivity index (χ3v) is 3.87. The Bertz CT molecular complexity index is 367. The Hall–Kier alpha value is -1.50. The van der Waals surface area contributed by atoms with Crippen LogP contribution in [0.3, 0.4) is 0 Å². The first-order chi connectivity index (χ1) is 9.54. The van der Waals surface area contributed by atoms with Crippen LogP contribution in [-0.4, -0.2) is 72.0 Å². The summed E-state index contributed by atoms with van der Waals surface area (Å²) in [7, 11) is 0. The van der Waals surface area contributed by atoms with Crippen LogP contribution in [0.5, 0.6) is 0 Å². The Morgan fingerprint density at radius 3 is 2.70 bits per heavy atom. The number of rotatable bonds is 3. The van der Waals surface area contributed by atoms with Crippen molar-refractivity contribution in [3.05, 3.63) is 0 Å². The summed E-state index contributed by atoms with van der Waals surface area (Å²) in [6.07, 6.45) is 1.51. The molecule has 0 unspecified atom stereocenters. The number of nitrogens with one attached hydrogen (secondary N) is 1. The van der Waals surface area contributed by atoms with E-state index in [-0.39, 0.29) is 12.1 Å². The zero-order chi connectivity index (χ0) is 14.6. The Kier molecular flexibility index (Phi) is 4.69. The molecule has 20 heavy (non-hydrogen) atoms. The maximum Gasteiger partial charge on any atom is 0.409 e. The van der Waals surface area contributed by atoms with Crippen molar-refractivity contribution in [3.63, 3.8) is 0 Å². The molecule has 3 amide bonds. The maximum atomic E-state index is 11.7. The van der Waals surface area contributed by atoms with Crippen molar-refractivity contribution < 1.29 is 19.4 Å². The van der Waals surface area contributed by atoms with E-state index in [1.165, 1.54) is 0 Å². The van der Waals surface area contributed by atoms with Gasteiger partial charge in [-0.2, -0.15) is 0 Å². The van der Waals surface area contributed by atoms with Crippen LogP contribution < -0.4 is 5.32 Å². The van der Waals surface area contributed by atoms with E-state index in [9.17, 15) is 14.7 Å². The number of carbonyl (C=O) groups is 2. The lowest BCUT2D eigenvalue weighted by atomic mass is 9.91. The summed E-state index contributed by atoms with van der Waals surface area (Å²) >= 11 is 0. The van der Waals surface area contributed by atoms with E-state index in [0.29, 0.717) is 52.2 Å². The number of likely N-dealkylation sites (tertiary alicyclic amines) is 1. The molecule has 0 saturated carbocycles. The van der Waals surface area contributed by atoms with Gasteiger partial charge in [0, 0.05) is 26.2 Å². The zero-order valence-corrected chi connectivity index (χ0v) is 11.9. The van der Waals surface area contributed by atoms with Gasteiger partial charge in [0.05, 0.1) is 18.8 Å². The lowest BCUT2D eigenvalue weighted by Gasteiger charge is -2.41. The number of hydrogen-bond donors (Lipinski definition) is 2. The van der Waals surface area contributed by atoms with Crippen LogP contribution in [0.25, 0.3) is 0 Å². The summed E-state index contributed by atoms with van der Waals surface area (Å²) in [4.78, 5) is 26.5. The largest absolute Gasteiger partial charge is 0.450 e. The molecule has 2 aliphatic rings. The second-order valence-electron chi connectivity index (χ2n) is 5.42. The molecule has 0 aliphatic carbocycles. The number of hydrogen-bond acceptors (Lipinski definition) is 4. The van der Waals surface area contributed by atoms with E-state index in [2.05, 4.69) is 5.32 Å². The number of ether oxygens (including phenoxy) is 1. The molecule has 2 aliphatic heterocycles. The van der Waals surface area contributed by atoms with E-state index >= 15 is 0 Å². The zero-order valence-electron chi connectivity index (χ0n) is 11.9. The van der Waals surface area contributed by atoms with Crippen LogP contribution in [-0.2, 0) is 4.74 Å². The molecule has 2 fully saturated rings. The lowest BCUT2D eigenvalue weighted by molar-refractivity contribution is -0.0375. The van der Waals surface area contributed by atoms with Gasteiger partial charge in [-0.15, -0.1) is 0 Å². The molecule has 0 bridgehead atoms. The number of piperidine rings is 1. The molecular weight excluding hydrogens is 262 g/mol. The first-order valence-electron chi connectivity index (χ1n) is 7.21. The van der Waals surface area contributed by atoms with Crippen molar-refractivity contribution in [1.29, 1.82) is 0 Å². The molecule has 2 saturated heterocycles. The predicted octanol–water partition coefficient (Wildman–Crippen LogP) is 0.385. The van der Waals surface area contributed by atoms with E-state index in [1.807, 2.05) is 0 Å². The van der Waals surface area contributed by atoms with Crippen molar-refractivity contribution in [1.82, 2.24) is 15.1 Å². The SMILES string of the molecule is CCOC(=O)N1CCC(O)(CN2CCCNC2=O)CC1. The molecular formula is C13H23N3O4. The highest BCUT2D eigenvalue weighted by atomic mass is 16.6. The Morgan fingerprint density at radius 2 is 2.10 bits per heavy atom. The van der Waals surface area contributed by atoms with Gasteiger partial charge in [-0.25, -0.2) is 9.59 Å². The van der Waals surface area contributed by atoms with Crippen molar-refractivity contribution in [2.75, 3.05) is 39.3 Å². The first kappa shape index (κ1) is 14.9. The van der Waals surface area contributed by atoms with Crippen LogP contribution in [0.15, 0.2) is 0 Å². The molecule has 2 N–H and O–H groups in total. The Morgan fingerprint density at radius 1 is 1.40 bits per heavy atom. The van der Waals surface area contributed by atoms with E-state index in [1.54, 1.807) is 16.7 Å². The van der Waals surface area contributed by atoms with Crippen LogP contribution in [0.1, 0.15) is 26.2 Å². The Balaban J connectivity index is 1.84. The van der Waals surface area contributed by atoms with Gasteiger partial charge < -0.3 is 25.0 Å². The Labute approximate surface area is 118 Å². The molecule has 2 rings (SSSR count). The van der Waals surface area contributed by atoms with E-state index < -0.39 is 5.60 Å². The van der Waals surface area contributed by atoms with Crippen LogP contribution >= 0.6 is 0 Å². The average Bonchev–Trinajstić information content (AvgIpc) is 2.42. The summed E-state index contributed by atoms with van der Waals surface area (Å²) in [5, 5.41) is 13.3. The van der Waals surface area contributed by atoms with Crippen molar-refractivity contribution in [2.24, 2.45) is 0 Å². The van der Waals surface area contributed by atoms with Crippen LogP contribution in [0.2, 0.25) is 0 Å². The van der Waals surface area contributed by atoms with Gasteiger partial charge in [-0.1, -0.05) is 0 Å². The van der Waals surface area contributed by atoms with Crippen LogP contribution in [0.4, 0.5) is 9.59 Å². The minimum absolute atomic E-state index is 0.113. The lowest BCUT2D eigenvalue weighted by Crippen LogP contribution is -2.56. The number of urea groups is 1. The smallest absolute Gasteiger partial charge is 0.409 e. The number of β-amino-alcohol motifs (C(OH)–C–C–N with tert-alkyl or cyclic N) is 1. The predicted molar refractivity (Wildman–Crippen MR) is 72.4 cm³/mol. The number of carbonyl (C=O) groups excluding carboxylic acids is 2. The normalized spacial score (nSPS) is 22.4. The molecule has 0 radical (unpaired) electrons. The molecule has 0 spiro atoms. The summed E-state index contributed by atoms with van der Waals surface area (Å²) in [6.45, 7) is 4.76. The van der Waals surface area contributed by atoms with Gasteiger partial charge in [-0.05, 0) is 26.2 Å². The third-order valence-electron chi connectivity index (χ3n) is 3.87. The average molecular weight is 285 g/mol. The molecule has 0 atom stereocenters. The van der Waals surface area contributed by atoms with Gasteiger partial charge in [0.25, 0.3) is 0 Å². The molecule has 0 aromatic carbocycles. The molecule has 114 valence electrons.